The van der Waals surface area contributed by atoms with Gasteiger partial charge in [0, 0.05) is 31.8 Å². The van der Waals surface area contributed by atoms with Gasteiger partial charge in [-0.1, -0.05) is 41.6 Å². The van der Waals surface area contributed by atoms with Gasteiger partial charge in [-0.3, -0.25) is 4.79 Å². The maximum atomic E-state index is 12.7. The second-order valence-electron chi connectivity index (χ2n) is 6.80. The van der Waals surface area contributed by atoms with Crippen molar-refractivity contribution in [1.82, 2.24) is 15.0 Å². The number of aromatic nitrogens is 2. The second-order valence-corrected chi connectivity index (χ2v) is 7.75. The summed E-state index contributed by atoms with van der Waals surface area (Å²) >= 11 is 1.56. The molecule has 1 aliphatic rings. The lowest BCUT2D eigenvalue weighted by Gasteiger charge is -2.16. The van der Waals surface area contributed by atoms with Crippen molar-refractivity contribution in [3.63, 3.8) is 0 Å². The van der Waals surface area contributed by atoms with Crippen molar-refractivity contribution in [1.29, 1.82) is 0 Å². The van der Waals surface area contributed by atoms with Crippen molar-refractivity contribution in [2.75, 3.05) is 19.6 Å². The van der Waals surface area contributed by atoms with Crippen LogP contribution < -0.4 is 5.73 Å². The van der Waals surface area contributed by atoms with E-state index in [2.05, 4.69) is 22.3 Å². The number of hydrogen-bond donors (Lipinski definition) is 1. The van der Waals surface area contributed by atoms with Crippen LogP contribution in [0.1, 0.15) is 23.8 Å². The Morgan fingerprint density at radius 1 is 1.21 bits per heavy atom. The van der Waals surface area contributed by atoms with E-state index in [4.69, 9.17) is 10.3 Å². The van der Waals surface area contributed by atoms with Crippen LogP contribution in [0.25, 0.3) is 10.7 Å². The third kappa shape index (κ3) is 4.43. The van der Waals surface area contributed by atoms with E-state index in [1.54, 1.807) is 11.3 Å². The Morgan fingerprint density at radius 2 is 2.04 bits per heavy atom. The molecule has 4 rings (SSSR count). The van der Waals surface area contributed by atoms with Gasteiger partial charge in [0.05, 0.1) is 4.88 Å². The highest BCUT2D eigenvalue weighted by Crippen LogP contribution is 2.32. The van der Waals surface area contributed by atoms with Crippen LogP contribution in [0.5, 0.6) is 0 Å². The van der Waals surface area contributed by atoms with Crippen LogP contribution in [0.15, 0.2) is 52.4 Å². The van der Waals surface area contributed by atoms with Gasteiger partial charge in [0.2, 0.25) is 17.6 Å². The largest absolute Gasteiger partial charge is 0.342 e. The summed E-state index contributed by atoms with van der Waals surface area (Å²) in [6, 6.07) is 14.2. The van der Waals surface area contributed by atoms with Crippen LogP contribution in [0.2, 0.25) is 0 Å². The molecule has 0 bridgehead atoms. The van der Waals surface area contributed by atoms with Gasteiger partial charge in [-0.2, -0.15) is 4.98 Å². The Morgan fingerprint density at radius 3 is 2.75 bits per heavy atom. The van der Waals surface area contributed by atoms with Crippen LogP contribution >= 0.6 is 23.7 Å². The summed E-state index contributed by atoms with van der Waals surface area (Å²) in [5, 5.41) is 5.97. The summed E-state index contributed by atoms with van der Waals surface area (Å²) in [6.07, 6.45) is 0.821. The molecule has 2 N–H and O–H groups in total. The van der Waals surface area contributed by atoms with E-state index in [0.29, 0.717) is 49.5 Å². The van der Waals surface area contributed by atoms with E-state index in [9.17, 15) is 4.79 Å². The summed E-state index contributed by atoms with van der Waals surface area (Å²) in [4.78, 5) is 20.0. The normalized spacial score (nSPS) is 18.8. The average molecular weight is 419 g/mol. The van der Waals surface area contributed by atoms with Gasteiger partial charge < -0.3 is 15.2 Å². The van der Waals surface area contributed by atoms with E-state index in [1.807, 2.05) is 40.6 Å². The van der Waals surface area contributed by atoms with Crippen LogP contribution in [0, 0.1) is 5.92 Å². The molecular formula is C20H23ClN4O2S. The number of likely N-dealkylation sites (tertiary alicyclic amines) is 1. The van der Waals surface area contributed by atoms with Crippen LogP contribution in [0.3, 0.4) is 0 Å². The Balaban J connectivity index is 0.00000225. The van der Waals surface area contributed by atoms with Crippen molar-refractivity contribution in [2.24, 2.45) is 11.7 Å². The highest BCUT2D eigenvalue weighted by molar-refractivity contribution is 7.13. The summed E-state index contributed by atoms with van der Waals surface area (Å²) in [7, 11) is 0. The smallest absolute Gasteiger partial charge is 0.227 e. The molecule has 1 saturated heterocycles. The zero-order valence-corrected chi connectivity index (χ0v) is 17.0. The third-order valence-corrected chi connectivity index (χ3v) is 5.95. The predicted molar refractivity (Wildman–Crippen MR) is 111 cm³/mol. The molecule has 3 aromatic rings. The maximum absolute atomic E-state index is 12.7. The number of halogens is 1. The summed E-state index contributed by atoms with van der Waals surface area (Å²) in [5.74, 6) is 1.80. The molecule has 0 saturated carbocycles. The first-order valence-corrected chi connectivity index (χ1v) is 10.0. The number of nitrogens with two attached hydrogens (primary N) is 1. The number of benzene rings is 1. The lowest BCUT2D eigenvalue weighted by atomic mass is 9.89. The zero-order valence-electron chi connectivity index (χ0n) is 15.4. The molecule has 2 atom stereocenters. The van der Waals surface area contributed by atoms with Crippen molar-refractivity contribution in [3.8, 4) is 10.7 Å². The molecule has 1 aliphatic heterocycles. The molecule has 0 radical (unpaired) electrons. The number of carbonyl (C=O) groups excluding carboxylic acids is 1. The Bertz CT molecular complexity index is 885. The first kappa shape index (κ1) is 20.5. The summed E-state index contributed by atoms with van der Waals surface area (Å²) < 4.78 is 5.29. The van der Waals surface area contributed by atoms with E-state index in [1.165, 1.54) is 5.56 Å². The number of rotatable bonds is 6. The van der Waals surface area contributed by atoms with Crippen molar-refractivity contribution < 1.29 is 9.32 Å². The third-order valence-electron chi connectivity index (χ3n) is 5.09. The van der Waals surface area contributed by atoms with Crippen molar-refractivity contribution >= 4 is 29.7 Å². The molecule has 6 nitrogen and oxygen atoms in total. The molecule has 2 aromatic heterocycles. The van der Waals surface area contributed by atoms with Gasteiger partial charge in [0.15, 0.2) is 0 Å². The highest BCUT2D eigenvalue weighted by atomic mass is 35.5. The predicted octanol–water partition coefficient (Wildman–Crippen LogP) is 3.35. The van der Waals surface area contributed by atoms with E-state index >= 15 is 0 Å². The average Bonchev–Trinajstić information content (AvgIpc) is 3.46. The molecule has 28 heavy (non-hydrogen) atoms. The number of thiophene rings is 1. The molecule has 148 valence electrons. The minimum atomic E-state index is 0. The number of hydrogen-bond acceptors (Lipinski definition) is 6. The molecule has 1 amide bonds. The number of nitrogens with zero attached hydrogens (tertiary/aromatic N) is 3. The van der Waals surface area contributed by atoms with Gasteiger partial charge in [-0.05, 0) is 29.5 Å². The minimum absolute atomic E-state index is 0. The number of amides is 1. The maximum Gasteiger partial charge on any atom is 0.227 e. The SMILES string of the molecule is Cl.NC[C@@H]1CN(C(=O)CCc2nc(-c3cccs3)no2)C[C@H]1c1ccccc1. The van der Waals surface area contributed by atoms with Crippen LogP contribution in [-0.4, -0.2) is 40.6 Å². The van der Waals surface area contributed by atoms with Gasteiger partial charge in [-0.25, -0.2) is 0 Å². The summed E-state index contributed by atoms with van der Waals surface area (Å²) in [6.45, 7) is 2.01. The standard InChI is InChI=1S/C20H22N4O2S.ClH/c21-11-15-12-24(13-16(15)14-5-2-1-3-6-14)19(25)9-8-18-22-20(23-26-18)17-7-4-10-27-17;/h1-7,10,15-16H,8-9,11-13,21H2;1H/t15-,16+;/m1./s1. The Kier molecular flexibility index (Phi) is 6.83. The molecule has 1 aromatic carbocycles. The van der Waals surface area contributed by atoms with Crippen LogP contribution in [-0.2, 0) is 11.2 Å². The topological polar surface area (TPSA) is 85.2 Å². The summed E-state index contributed by atoms with van der Waals surface area (Å²) in [5.41, 5.74) is 7.22. The molecule has 0 spiro atoms. The van der Waals surface area contributed by atoms with Gasteiger partial charge in [0.25, 0.3) is 0 Å². The quantitative estimate of drug-likeness (QED) is 0.663. The number of carbonyl (C=O) groups is 1. The second kappa shape index (κ2) is 9.32. The first-order chi connectivity index (χ1) is 13.2. The van der Waals surface area contributed by atoms with Gasteiger partial charge >= 0.3 is 0 Å². The first-order valence-electron chi connectivity index (χ1n) is 9.14. The van der Waals surface area contributed by atoms with Crippen molar-refractivity contribution in [3.05, 3.63) is 59.3 Å². The minimum Gasteiger partial charge on any atom is -0.342 e. The molecule has 1 fully saturated rings. The van der Waals surface area contributed by atoms with E-state index < -0.39 is 0 Å². The molecule has 0 aliphatic carbocycles. The molecular weight excluding hydrogens is 396 g/mol. The highest BCUT2D eigenvalue weighted by Gasteiger charge is 2.35. The Hall–Kier alpha value is -2.22. The lowest BCUT2D eigenvalue weighted by Crippen LogP contribution is -2.30. The monoisotopic (exact) mass is 418 g/mol. The molecule has 3 heterocycles. The Labute approximate surface area is 174 Å². The van der Waals surface area contributed by atoms with Crippen molar-refractivity contribution in [2.45, 2.75) is 18.8 Å². The van der Waals surface area contributed by atoms with Crippen LogP contribution in [0.4, 0.5) is 0 Å². The van der Waals surface area contributed by atoms with Gasteiger partial charge in [-0.15, -0.1) is 23.7 Å². The fourth-order valence-electron chi connectivity index (χ4n) is 3.63. The molecule has 0 unspecified atom stereocenters. The fraction of sp³-hybridized carbons (Fsp3) is 0.350. The fourth-order valence-corrected chi connectivity index (χ4v) is 4.28. The molecule has 8 heteroatoms. The van der Waals surface area contributed by atoms with E-state index in [-0.39, 0.29) is 18.3 Å². The lowest BCUT2D eigenvalue weighted by molar-refractivity contribution is -0.130. The zero-order chi connectivity index (χ0) is 18.6. The van der Waals surface area contributed by atoms with E-state index in [0.717, 1.165) is 11.4 Å². The van der Waals surface area contributed by atoms with Gasteiger partial charge in [0.1, 0.15) is 0 Å². The number of aryl methyl sites for hydroxylation is 1.